The number of carbonyl (C=O) groups excluding carboxylic acids is 1. The number of halogens is 2. The molecule has 0 radical (unpaired) electrons. The van der Waals surface area contributed by atoms with Crippen LogP contribution in [0.25, 0.3) is 11.1 Å². The summed E-state index contributed by atoms with van der Waals surface area (Å²) >= 11 is 12.4. The van der Waals surface area contributed by atoms with Crippen LogP contribution >= 0.6 is 23.2 Å². The average molecular weight is 394 g/mol. The molecule has 138 valence electrons. The Bertz CT molecular complexity index is 843. The zero-order chi connectivity index (χ0) is 18.8. The third kappa shape index (κ3) is 3.92. The van der Waals surface area contributed by atoms with Gasteiger partial charge in [-0.3, -0.25) is 4.79 Å². The van der Waals surface area contributed by atoms with Crippen molar-refractivity contribution in [2.75, 3.05) is 5.32 Å². The highest BCUT2D eigenvalue weighted by atomic mass is 35.5. The SMILES string of the molecule is Cc1nc(NC2CCCC(N)C2)nc(C(N)=O)c1-c1cccc(Cl)c1Cl. The number of nitrogens with one attached hydrogen (secondary N) is 1. The summed E-state index contributed by atoms with van der Waals surface area (Å²) in [6.07, 6.45) is 3.91. The number of amides is 1. The van der Waals surface area contributed by atoms with Crippen LogP contribution in [0.4, 0.5) is 5.95 Å². The lowest BCUT2D eigenvalue weighted by molar-refractivity contribution is 0.0996. The first kappa shape index (κ1) is 18.9. The topological polar surface area (TPSA) is 107 Å². The maximum atomic E-state index is 12.0. The molecule has 8 heteroatoms. The fourth-order valence-corrected chi connectivity index (χ4v) is 3.77. The van der Waals surface area contributed by atoms with Crippen LogP contribution in [-0.4, -0.2) is 28.0 Å². The van der Waals surface area contributed by atoms with E-state index in [1.54, 1.807) is 25.1 Å². The van der Waals surface area contributed by atoms with Gasteiger partial charge in [0.05, 0.1) is 15.7 Å². The smallest absolute Gasteiger partial charge is 0.268 e. The van der Waals surface area contributed by atoms with Crippen molar-refractivity contribution < 1.29 is 4.79 Å². The van der Waals surface area contributed by atoms with Crippen molar-refractivity contribution in [1.29, 1.82) is 0 Å². The van der Waals surface area contributed by atoms with E-state index in [1.807, 2.05) is 0 Å². The molecule has 0 aliphatic heterocycles. The van der Waals surface area contributed by atoms with Gasteiger partial charge in [-0.2, -0.15) is 0 Å². The number of aromatic nitrogens is 2. The first-order chi connectivity index (χ1) is 12.4. The van der Waals surface area contributed by atoms with E-state index in [0.717, 1.165) is 25.7 Å². The lowest BCUT2D eigenvalue weighted by atomic mass is 9.92. The number of primary amides is 1. The molecule has 5 N–H and O–H groups in total. The summed E-state index contributed by atoms with van der Waals surface area (Å²) in [5, 5.41) is 4.00. The molecule has 6 nitrogen and oxygen atoms in total. The summed E-state index contributed by atoms with van der Waals surface area (Å²) in [6.45, 7) is 1.79. The van der Waals surface area contributed by atoms with Gasteiger partial charge in [0.1, 0.15) is 5.69 Å². The molecule has 3 rings (SSSR count). The molecule has 0 spiro atoms. The predicted octanol–water partition coefficient (Wildman–Crippen LogP) is 3.54. The molecular formula is C18H21Cl2N5O. The van der Waals surface area contributed by atoms with Gasteiger partial charge in [-0.05, 0) is 38.7 Å². The Balaban J connectivity index is 2.01. The fraction of sp³-hybridized carbons (Fsp3) is 0.389. The van der Waals surface area contributed by atoms with E-state index in [2.05, 4.69) is 15.3 Å². The summed E-state index contributed by atoms with van der Waals surface area (Å²) in [7, 11) is 0. The Morgan fingerprint density at radius 1 is 1.27 bits per heavy atom. The molecule has 2 aromatic rings. The molecule has 0 bridgehead atoms. The molecular weight excluding hydrogens is 373 g/mol. The molecule has 2 unspecified atom stereocenters. The second-order valence-electron chi connectivity index (χ2n) is 6.59. The van der Waals surface area contributed by atoms with E-state index in [1.165, 1.54) is 0 Å². The molecule has 1 fully saturated rings. The number of hydrogen-bond donors (Lipinski definition) is 3. The van der Waals surface area contributed by atoms with Crippen LogP contribution in [0.2, 0.25) is 10.0 Å². The molecule has 1 heterocycles. The van der Waals surface area contributed by atoms with Gasteiger partial charge in [-0.1, -0.05) is 35.3 Å². The van der Waals surface area contributed by atoms with Gasteiger partial charge >= 0.3 is 0 Å². The largest absolute Gasteiger partial charge is 0.364 e. The Morgan fingerprint density at radius 2 is 2.04 bits per heavy atom. The first-order valence-electron chi connectivity index (χ1n) is 8.51. The third-order valence-electron chi connectivity index (χ3n) is 4.59. The molecule has 1 amide bonds. The van der Waals surface area contributed by atoms with Crippen LogP contribution in [0.15, 0.2) is 18.2 Å². The van der Waals surface area contributed by atoms with Crippen molar-refractivity contribution in [3.8, 4) is 11.1 Å². The molecule has 1 aromatic heterocycles. The molecule has 0 saturated heterocycles. The standard InChI is InChI=1S/C18H21Cl2N5O/c1-9-14(12-6-3-7-13(19)15(12)20)16(17(22)26)25-18(23-9)24-11-5-2-4-10(21)8-11/h3,6-7,10-11H,2,4-5,8,21H2,1H3,(H2,22,26)(H,23,24,25). The molecule has 26 heavy (non-hydrogen) atoms. The van der Waals surface area contributed by atoms with Crippen LogP contribution in [0.5, 0.6) is 0 Å². The molecule has 2 atom stereocenters. The van der Waals surface area contributed by atoms with Gasteiger partial charge in [0.25, 0.3) is 5.91 Å². The quantitative estimate of drug-likeness (QED) is 0.735. The lowest BCUT2D eigenvalue weighted by Gasteiger charge is -2.27. The van der Waals surface area contributed by atoms with E-state index < -0.39 is 5.91 Å². The van der Waals surface area contributed by atoms with E-state index in [4.69, 9.17) is 34.7 Å². The molecule has 1 aliphatic carbocycles. The average Bonchev–Trinajstić information content (AvgIpc) is 2.57. The number of nitrogens with zero attached hydrogens (tertiary/aromatic N) is 2. The zero-order valence-corrected chi connectivity index (χ0v) is 15.9. The highest BCUT2D eigenvalue weighted by Crippen LogP contribution is 2.36. The maximum absolute atomic E-state index is 12.0. The van der Waals surface area contributed by atoms with E-state index in [9.17, 15) is 4.79 Å². The molecule has 1 saturated carbocycles. The fourth-order valence-electron chi connectivity index (χ4n) is 3.38. The molecule has 1 aliphatic rings. The minimum atomic E-state index is -0.648. The number of benzene rings is 1. The van der Waals surface area contributed by atoms with Crippen LogP contribution in [-0.2, 0) is 0 Å². The summed E-state index contributed by atoms with van der Waals surface area (Å²) in [6, 6.07) is 5.54. The Hall–Kier alpha value is -1.89. The third-order valence-corrected chi connectivity index (χ3v) is 5.41. The van der Waals surface area contributed by atoms with Crippen LogP contribution in [0.3, 0.4) is 0 Å². The monoisotopic (exact) mass is 393 g/mol. The molecule has 1 aromatic carbocycles. The van der Waals surface area contributed by atoms with Gasteiger partial charge in [-0.25, -0.2) is 9.97 Å². The van der Waals surface area contributed by atoms with E-state index in [0.29, 0.717) is 32.8 Å². The number of anilines is 1. The van der Waals surface area contributed by atoms with Gasteiger partial charge in [-0.15, -0.1) is 0 Å². The Morgan fingerprint density at radius 3 is 2.73 bits per heavy atom. The summed E-state index contributed by atoms with van der Waals surface area (Å²) in [5.41, 5.74) is 13.4. The Labute approximate surface area is 162 Å². The maximum Gasteiger partial charge on any atom is 0.268 e. The normalized spacial score (nSPS) is 20.0. The van der Waals surface area contributed by atoms with Crippen molar-refractivity contribution in [2.24, 2.45) is 11.5 Å². The summed E-state index contributed by atoms with van der Waals surface area (Å²) in [4.78, 5) is 20.9. The number of aryl methyl sites for hydroxylation is 1. The Kier molecular flexibility index (Phi) is 5.65. The number of carbonyl (C=O) groups is 1. The second-order valence-corrected chi connectivity index (χ2v) is 7.37. The lowest BCUT2D eigenvalue weighted by Crippen LogP contribution is -2.35. The van der Waals surface area contributed by atoms with Crippen LogP contribution < -0.4 is 16.8 Å². The first-order valence-corrected chi connectivity index (χ1v) is 9.27. The van der Waals surface area contributed by atoms with Gasteiger partial charge in [0.15, 0.2) is 0 Å². The van der Waals surface area contributed by atoms with Crippen LogP contribution in [0.1, 0.15) is 41.9 Å². The van der Waals surface area contributed by atoms with E-state index >= 15 is 0 Å². The minimum Gasteiger partial charge on any atom is -0.364 e. The van der Waals surface area contributed by atoms with Gasteiger partial charge in [0, 0.05) is 23.2 Å². The van der Waals surface area contributed by atoms with Crippen molar-refractivity contribution in [3.63, 3.8) is 0 Å². The predicted molar refractivity (Wildman–Crippen MR) is 105 cm³/mol. The highest BCUT2D eigenvalue weighted by Gasteiger charge is 2.23. The highest BCUT2D eigenvalue weighted by molar-refractivity contribution is 6.43. The van der Waals surface area contributed by atoms with Crippen molar-refractivity contribution >= 4 is 35.1 Å². The van der Waals surface area contributed by atoms with Crippen molar-refractivity contribution in [2.45, 2.75) is 44.7 Å². The number of nitrogens with two attached hydrogens (primary N) is 2. The number of hydrogen-bond acceptors (Lipinski definition) is 5. The van der Waals surface area contributed by atoms with Crippen molar-refractivity contribution in [1.82, 2.24) is 9.97 Å². The van der Waals surface area contributed by atoms with Gasteiger partial charge in [0.2, 0.25) is 5.95 Å². The van der Waals surface area contributed by atoms with Crippen molar-refractivity contribution in [3.05, 3.63) is 39.6 Å². The summed E-state index contributed by atoms with van der Waals surface area (Å²) < 4.78 is 0. The van der Waals surface area contributed by atoms with Crippen LogP contribution in [0, 0.1) is 6.92 Å². The van der Waals surface area contributed by atoms with Gasteiger partial charge < -0.3 is 16.8 Å². The minimum absolute atomic E-state index is 0.115. The second kappa shape index (κ2) is 7.78. The zero-order valence-electron chi connectivity index (χ0n) is 14.4. The number of rotatable bonds is 4. The van der Waals surface area contributed by atoms with E-state index in [-0.39, 0.29) is 17.8 Å². The summed E-state index contributed by atoms with van der Waals surface area (Å²) in [5.74, 6) is -0.276.